The quantitative estimate of drug-likeness (QED) is 0.757. The molecule has 3 heteroatoms. The summed E-state index contributed by atoms with van der Waals surface area (Å²) in [5, 5.41) is 10.0. The average Bonchev–Trinajstić information content (AvgIpc) is 2.54. The predicted octanol–water partition coefficient (Wildman–Crippen LogP) is 3.62. The summed E-state index contributed by atoms with van der Waals surface area (Å²) in [7, 11) is 0. The van der Waals surface area contributed by atoms with E-state index in [2.05, 4.69) is 0 Å². The van der Waals surface area contributed by atoms with Crippen molar-refractivity contribution in [3.8, 4) is 0 Å². The molecule has 2 aromatic rings. The Bertz CT molecular complexity index is 566. The van der Waals surface area contributed by atoms with Gasteiger partial charge in [-0.3, -0.25) is 4.79 Å². The topological polar surface area (TPSA) is 46.5 Å². The first-order valence-corrected chi connectivity index (χ1v) is 7.57. The van der Waals surface area contributed by atoms with Crippen molar-refractivity contribution in [3.05, 3.63) is 71.8 Å². The number of hydrogen-bond donors (Lipinski definition) is 1. The third kappa shape index (κ3) is 5.43. The summed E-state index contributed by atoms with van der Waals surface area (Å²) >= 11 is 0. The van der Waals surface area contributed by atoms with Gasteiger partial charge in [-0.2, -0.15) is 0 Å². The fourth-order valence-electron chi connectivity index (χ4n) is 2.30. The molecule has 0 heterocycles. The van der Waals surface area contributed by atoms with Crippen LogP contribution in [0.1, 0.15) is 35.7 Å². The van der Waals surface area contributed by atoms with E-state index in [0.717, 1.165) is 5.56 Å². The Morgan fingerprint density at radius 3 is 2.27 bits per heavy atom. The maximum atomic E-state index is 12.0. The molecule has 0 amide bonds. The van der Waals surface area contributed by atoms with Crippen molar-refractivity contribution in [2.75, 3.05) is 0 Å². The first-order valence-electron chi connectivity index (χ1n) is 7.57. The number of aliphatic hydroxyl groups excluding tert-OH is 1. The SMILES string of the molecule is C[C@H](C[C@@H](O)CC(=O)c1ccccc1)OCc1ccccc1. The zero-order chi connectivity index (χ0) is 15.8. The molecule has 0 unspecified atom stereocenters. The molecule has 0 aliphatic rings. The van der Waals surface area contributed by atoms with Crippen LogP contribution in [0.5, 0.6) is 0 Å². The first-order chi connectivity index (χ1) is 10.6. The number of rotatable bonds is 8. The molecule has 0 aliphatic carbocycles. The van der Waals surface area contributed by atoms with E-state index in [-0.39, 0.29) is 18.3 Å². The highest BCUT2D eigenvalue weighted by Gasteiger charge is 2.16. The molecule has 0 bridgehead atoms. The minimum Gasteiger partial charge on any atom is -0.393 e. The van der Waals surface area contributed by atoms with Gasteiger partial charge in [0.2, 0.25) is 0 Å². The van der Waals surface area contributed by atoms with E-state index in [0.29, 0.717) is 18.6 Å². The number of carbonyl (C=O) groups is 1. The van der Waals surface area contributed by atoms with Crippen LogP contribution >= 0.6 is 0 Å². The van der Waals surface area contributed by atoms with Gasteiger partial charge in [-0.05, 0) is 18.9 Å². The Labute approximate surface area is 131 Å². The minimum atomic E-state index is -0.682. The van der Waals surface area contributed by atoms with Crippen molar-refractivity contribution in [3.63, 3.8) is 0 Å². The molecule has 0 fully saturated rings. The molecule has 2 atom stereocenters. The third-order valence-corrected chi connectivity index (χ3v) is 3.50. The number of Topliss-reactive ketones (excluding diaryl/α,β-unsaturated/α-hetero) is 1. The lowest BCUT2D eigenvalue weighted by Crippen LogP contribution is -2.21. The zero-order valence-electron chi connectivity index (χ0n) is 12.8. The first kappa shape index (κ1) is 16.4. The lowest BCUT2D eigenvalue weighted by Gasteiger charge is -2.17. The highest BCUT2D eigenvalue weighted by molar-refractivity contribution is 5.96. The lowest BCUT2D eigenvalue weighted by atomic mass is 10.0. The number of benzene rings is 2. The van der Waals surface area contributed by atoms with Gasteiger partial charge < -0.3 is 9.84 Å². The van der Waals surface area contributed by atoms with Gasteiger partial charge in [0.25, 0.3) is 0 Å². The fourth-order valence-corrected chi connectivity index (χ4v) is 2.30. The molecule has 0 saturated heterocycles. The summed E-state index contributed by atoms with van der Waals surface area (Å²) in [5.74, 6) is -0.0386. The highest BCUT2D eigenvalue weighted by Crippen LogP contribution is 2.12. The normalized spacial score (nSPS) is 13.5. The molecule has 0 aliphatic heterocycles. The molecule has 2 aromatic carbocycles. The third-order valence-electron chi connectivity index (χ3n) is 3.50. The zero-order valence-corrected chi connectivity index (χ0v) is 12.8. The average molecular weight is 298 g/mol. The van der Waals surface area contributed by atoms with Gasteiger partial charge in [0, 0.05) is 12.0 Å². The molecular formula is C19H22O3. The summed E-state index contributed by atoms with van der Waals surface area (Å²) in [6.07, 6.45) is -0.202. The minimum absolute atomic E-state index is 0.0386. The van der Waals surface area contributed by atoms with Crippen molar-refractivity contribution in [2.24, 2.45) is 0 Å². The molecule has 3 nitrogen and oxygen atoms in total. The summed E-state index contributed by atoms with van der Waals surface area (Å²) in [6, 6.07) is 19.0. The molecule has 22 heavy (non-hydrogen) atoms. The molecule has 2 rings (SSSR count). The molecule has 0 saturated carbocycles. The van der Waals surface area contributed by atoms with Gasteiger partial charge in [0.1, 0.15) is 0 Å². The number of ketones is 1. The van der Waals surface area contributed by atoms with Crippen LogP contribution in [0, 0.1) is 0 Å². The lowest BCUT2D eigenvalue weighted by molar-refractivity contribution is 0.0136. The number of hydrogen-bond acceptors (Lipinski definition) is 3. The van der Waals surface area contributed by atoms with Crippen LogP contribution in [0.3, 0.4) is 0 Å². The van der Waals surface area contributed by atoms with Gasteiger partial charge in [-0.25, -0.2) is 0 Å². The van der Waals surface area contributed by atoms with Gasteiger partial charge in [-0.1, -0.05) is 60.7 Å². The van der Waals surface area contributed by atoms with Gasteiger partial charge in [-0.15, -0.1) is 0 Å². The number of carbonyl (C=O) groups excluding carboxylic acids is 1. The van der Waals surface area contributed by atoms with Crippen LogP contribution in [-0.2, 0) is 11.3 Å². The van der Waals surface area contributed by atoms with Crippen molar-refractivity contribution < 1.29 is 14.6 Å². The highest BCUT2D eigenvalue weighted by atomic mass is 16.5. The molecule has 0 aromatic heterocycles. The molecule has 0 spiro atoms. The maximum absolute atomic E-state index is 12.0. The van der Waals surface area contributed by atoms with Crippen LogP contribution < -0.4 is 0 Å². The monoisotopic (exact) mass is 298 g/mol. The van der Waals surface area contributed by atoms with Crippen LogP contribution in [0.15, 0.2) is 60.7 Å². The largest absolute Gasteiger partial charge is 0.393 e. The van der Waals surface area contributed by atoms with Gasteiger partial charge in [0.05, 0.1) is 18.8 Å². The van der Waals surface area contributed by atoms with Gasteiger partial charge >= 0.3 is 0 Å². The summed E-state index contributed by atoms with van der Waals surface area (Å²) in [5.41, 5.74) is 1.74. The number of ether oxygens (including phenoxy) is 1. The molecular weight excluding hydrogens is 276 g/mol. The van der Waals surface area contributed by atoms with Gasteiger partial charge in [0.15, 0.2) is 5.78 Å². The van der Waals surface area contributed by atoms with Crippen molar-refractivity contribution >= 4 is 5.78 Å². The summed E-state index contributed by atoms with van der Waals surface area (Å²) in [4.78, 5) is 12.0. The van der Waals surface area contributed by atoms with Crippen molar-refractivity contribution in [1.82, 2.24) is 0 Å². The predicted molar refractivity (Wildman–Crippen MR) is 86.7 cm³/mol. The van der Waals surface area contributed by atoms with E-state index in [1.54, 1.807) is 12.1 Å². The van der Waals surface area contributed by atoms with E-state index in [4.69, 9.17) is 4.74 Å². The Balaban J connectivity index is 1.74. The second-order valence-electron chi connectivity index (χ2n) is 5.49. The Kier molecular flexibility index (Phi) is 6.31. The van der Waals surface area contributed by atoms with Crippen LogP contribution in [-0.4, -0.2) is 23.1 Å². The smallest absolute Gasteiger partial charge is 0.165 e. The summed E-state index contributed by atoms with van der Waals surface area (Å²) in [6.45, 7) is 2.43. The second-order valence-corrected chi connectivity index (χ2v) is 5.49. The van der Waals surface area contributed by atoms with Crippen LogP contribution in [0.2, 0.25) is 0 Å². The molecule has 116 valence electrons. The number of aliphatic hydroxyl groups is 1. The van der Waals surface area contributed by atoms with E-state index < -0.39 is 6.10 Å². The Morgan fingerprint density at radius 2 is 1.64 bits per heavy atom. The van der Waals surface area contributed by atoms with E-state index in [1.807, 2.05) is 55.5 Å². The van der Waals surface area contributed by atoms with Crippen molar-refractivity contribution in [2.45, 2.75) is 38.6 Å². The molecule has 0 radical (unpaired) electrons. The fraction of sp³-hybridized carbons (Fsp3) is 0.316. The van der Waals surface area contributed by atoms with E-state index in [9.17, 15) is 9.90 Å². The van der Waals surface area contributed by atoms with E-state index >= 15 is 0 Å². The van der Waals surface area contributed by atoms with Crippen LogP contribution in [0.25, 0.3) is 0 Å². The maximum Gasteiger partial charge on any atom is 0.165 e. The molecule has 1 N–H and O–H groups in total. The summed E-state index contributed by atoms with van der Waals surface area (Å²) < 4.78 is 5.71. The second kappa shape index (κ2) is 8.47. The standard InChI is InChI=1S/C19H22O3/c1-15(22-14-16-8-4-2-5-9-16)12-18(20)13-19(21)17-10-6-3-7-11-17/h2-11,15,18,20H,12-14H2,1H3/t15-,18-/m1/s1. The van der Waals surface area contributed by atoms with Crippen molar-refractivity contribution in [1.29, 1.82) is 0 Å². The van der Waals surface area contributed by atoms with Crippen LogP contribution in [0.4, 0.5) is 0 Å². The van der Waals surface area contributed by atoms with E-state index in [1.165, 1.54) is 0 Å². The Hall–Kier alpha value is -1.97. The Morgan fingerprint density at radius 1 is 1.05 bits per heavy atom.